The number of fused-ring (bicyclic) bond motifs is 1. The van der Waals surface area contributed by atoms with Crippen LogP contribution in [-0.4, -0.2) is 48.1 Å². The molecule has 13 heteroatoms. The number of nitrogens with two attached hydrogens (primary N) is 1. The maximum atomic E-state index is 13.1. The van der Waals surface area contributed by atoms with Crippen LogP contribution in [0.3, 0.4) is 0 Å². The molecule has 9 nitrogen and oxygen atoms in total. The maximum absolute atomic E-state index is 13.1. The summed E-state index contributed by atoms with van der Waals surface area (Å²) in [6.45, 7) is 2.04. The fourth-order valence-electron chi connectivity index (χ4n) is 3.56. The highest BCUT2D eigenvalue weighted by atomic mass is 35.5. The highest BCUT2D eigenvalue weighted by molar-refractivity contribution is 6.31. The Hall–Kier alpha value is -3.12. The molecule has 2 amide bonds. The third-order valence-corrected chi connectivity index (χ3v) is 5.44. The third kappa shape index (κ3) is 4.41. The van der Waals surface area contributed by atoms with Crippen LogP contribution in [0.2, 0.25) is 5.02 Å². The van der Waals surface area contributed by atoms with Gasteiger partial charge in [0.2, 0.25) is 17.8 Å². The molecule has 3 heterocycles. The molecule has 0 aliphatic carbocycles. The SMILES string of the molecule is Nc1nc(N2CCOCC2)nc2c1[C@@H](C(=O)Nc1ccc(Cl)c(C(F)(F)F)c1)CC(=O)N2. The first-order chi connectivity index (χ1) is 15.1. The number of anilines is 4. The van der Waals surface area contributed by atoms with Gasteiger partial charge in [-0.25, -0.2) is 0 Å². The molecule has 1 saturated heterocycles. The number of nitrogen functional groups attached to an aromatic ring is 1. The molecule has 2 aromatic rings. The molecule has 170 valence electrons. The lowest BCUT2D eigenvalue weighted by atomic mass is 9.91. The lowest BCUT2D eigenvalue weighted by Gasteiger charge is -2.30. The summed E-state index contributed by atoms with van der Waals surface area (Å²) in [5.74, 6) is -1.88. The number of aromatic nitrogens is 2. The minimum absolute atomic E-state index is 0.00345. The van der Waals surface area contributed by atoms with E-state index in [4.69, 9.17) is 22.1 Å². The van der Waals surface area contributed by atoms with Crippen molar-refractivity contribution < 1.29 is 27.5 Å². The first kappa shape index (κ1) is 22.1. The Morgan fingerprint density at radius 2 is 2.00 bits per heavy atom. The highest BCUT2D eigenvalue weighted by Crippen LogP contribution is 2.38. The standard InChI is InChI=1S/C19H18ClF3N6O3/c20-12-2-1-9(7-11(12)19(21,22)23)25-17(31)10-8-13(30)26-16-14(10)15(24)27-18(28-16)29-3-5-32-6-4-29/h1-2,7,10H,3-6,8H2,(H,25,31)(H3,24,26,27,28,30)/t10-/m0/s1. The van der Waals surface area contributed by atoms with Gasteiger partial charge in [-0.05, 0) is 18.2 Å². The molecule has 32 heavy (non-hydrogen) atoms. The van der Waals surface area contributed by atoms with E-state index in [1.165, 1.54) is 6.07 Å². The molecule has 0 saturated carbocycles. The molecule has 1 atom stereocenters. The van der Waals surface area contributed by atoms with Crippen LogP contribution in [-0.2, 0) is 20.5 Å². The molecule has 0 unspecified atom stereocenters. The molecule has 4 rings (SSSR count). The molecular formula is C19H18ClF3N6O3. The molecule has 2 aliphatic heterocycles. The largest absolute Gasteiger partial charge is 0.417 e. The van der Waals surface area contributed by atoms with E-state index in [-0.39, 0.29) is 29.3 Å². The third-order valence-electron chi connectivity index (χ3n) is 5.11. The molecule has 0 spiro atoms. The number of benzene rings is 1. The number of rotatable bonds is 3. The van der Waals surface area contributed by atoms with Gasteiger partial charge in [-0.15, -0.1) is 0 Å². The van der Waals surface area contributed by atoms with Gasteiger partial charge in [0.1, 0.15) is 11.6 Å². The van der Waals surface area contributed by atoms with Crippen molar-refractivity contribution in [2.24, 2.45) is 0 Å². The van der Waals surface area contributed by atoms with Gasteiger partial charge in [0.15, 0.2) is 0 Å². The lowest BCUT2D eigenvalue weighted by molar-refractivity contribution is -0.137. The Morgan fingerprint density at radius 1 is 1.28 bits per heavy atom. The van der Waals surface area contributed by atoms with Crippen LogP contribution in [0, 0.1) is 0 Å². The average Bonchev–Trinajstić information content (AvgIpc) is 2.74. The van der Waals surface area contributed by atoms with E-state index in [1.54, 1.807) is 0 Å². The zero-order valence-corrected chi connectivity index (χ0v) is 17.3. The van der Waals surface area contributed by atoms with Gasteiger partial charge >= 0.3 is 6.18 Å². The van der Waals surface area contributed by atoms with E-state index in [2.05, 4.69) is 20.6 Å². The monoisotopic (exact) mass is 470 g/mol. The minimum Gasteiger partial charge on any atom is -0.383 e. The topological polar surface area (TPSA) is 122 Å². The van der Waals surface area contributed by atoms with Crippen LogP contribution in [0.25, 0.3) is 0 Å². The summed E-state index contributed by atoms with van der Waals surface area (Å²) in [6, 6.07) is 3.00. The molecular weight excluding hydrogens is 453 g/mol. The van der Waals surface area contributed by atoms with E-state index in [1.807, 2.05) is 4.90 Å². The number of hydrogen-bond donors (Lipinski definition) is 3. The number of ether oxygens (including phenoxy) is 1. The smallest absolute Gasteiger partial charge is 0.383 e. The summed E-state index contributed by atoms with van der Waals surface area (Å²) < 4.78 is 44.6. The van der Waals surface area contributed by atoms with Gasteiger partial charge in [-0.2, -0.15) is 23.1 Å². The van der Waals surface area contributed by atoms with Gasteiger partial charge in [-0.1, -0.05) is 11.6 Å². The number of hydrogen-bond acceptors (Lipinski definition) is 7. The quantitative estimate of drug-likeness (QED) is 0.630. The van der Waals surface area contributed by atoms with Crippen LogP contribution < -0.4 is 21.3 Å². The van der Waals surface area contributed by atoms with E-state index in [0.29, 0.717) is 32.3 Å². The molecule has 1 fully saturated rings. The second-order valence-electron chi connectivity index (χ2n) is 7.26. The first-order valence-corrected chi connectivity index (χ1v) is 9.99. The summed E-state index contributed by atoms with van der Waals surface area (Å²) in [6.07, 6.45) is -4.95. The summed E-state index contributed by atoms with van der Waals surface area (Å²) in [7, 11) is 0. The number of carbonyl (C=O) groups is 2. The Kier molecular flexibility index (Phi) is 5.82. The average molecular weight is 471 g/mol. The van der Waals surface area contributed by atoms with E-state index < -0.39 is 34.5 Å². The summed E-state index contributed by atoms with van der Waals surface area (Å²) in [5.41, 5.74) is 5.11. The van der Waals surface area contributed by atoms with Gasteiger partial charge in [0, 0.05) is 25.2 Å². The van der Waals surface area contributed by atoms with Crippen molar-refractivity contribution in [2.45, 2.75) is 18.5 Å². The molecule has 1 aromatic carbocycles. The molecule has 0 bridgehead atoms. The van der Waals surface area contributed by atoms with E-state index in [9.17, 15) is 22.8 Å². The molecule has 0 radical (unpaired) electrons. The van der Waals surface area contributed by atoms with Crippen LogP contribution in [0.4, 0.5) is 36.4 Å². The van der Waals surface area contributed by atoms with Crippen molar-refractivity contribution >= 4 is 46.7 Å². The zero-order valence-electron chi connectivity index (χ0n) is 16.5. The van der Waals surface area contributed by atoms with Crippen molar-refractivity contribution in [2.75, 3.05) is 47.6 Å². The highest BCUT2D eigenvalue weighted by Gasteiger charge is 2.36. The second kappa shape index (κ2) is 8.43. The molecule has 4 N–H and O–H groups in total. The molecule has 2 aliphatic rings. The van der Waals surface area contributed by atoms with Gasteiger partial charge in [-0.3, -0.25) is 9.59 Å². The van der Waals surface area contributed by atoms with E-state index in [0.717, 1.165) is 12.1 Å². The maximum Gasteiger partial charge on any atom is 0.417 e. The summed E-state index contributed by atoms with van der Waals surface area (Å²) in [4.78, 5) is 35.6. The van der Waals surface area contributed by atoms with Crippen LogP contribution in [0.15, 0.2) is 18.2 Å². The lowest BCUT2D eigenvalue weighted by Crippen LogP contribution is -2.38. The predicted molar refractivity (Wildman–Crippen MR) is 111 cm³/mol. The van der Waals surface area contributed by atoms with Gasteiger partial charge in [0.05, 0.1) is 35.3 Å². The normalized spacial score (nSPS) is 18.7. The second-order valence-corrected chi connectivity index (χ2v) is 7.66. The fourth-order valence-corrected chi connectivity index (χ4v) is 3.79. The Bertz CT molecular complexity index is 1080. The molecule has 1 aromatic heterocycles. The zero-order chi connectivity index (χ0) is 23.0. The van der Waals surface area contributed by atoms with Crippen molar-refractivity contribution in [3.63, 3.8) is 0 Å². The number of morpholine rings is 1. The number of halogens is 4. The van der Waals surface area contributed by atoms with Crippen molar-refractivity contribution in [3.8, 4) is 0 Å². The first-order valence-electron chi connectivity index (χ1n) is 9.61. The van der Waals surface area contributed by atoms with Crippen LogP contribution in [0.5, 0.6) is 0 Å². The number of amides is 2. The van der Waals surface area contributed by atoms with Crippen LogP contribution >= 0.6 is 11.6 Å². The Labute approximate surface area is 185 Å². The Balaban J connectivity index is 1.63. The van der Waals surface area contributed by atoms with Crippen molar-refractivity contribution in [1.29, 1.82) is 0 Å². The minimum atomic E-state index is -4.69. The summed E-state index contributed by atoms with van der Waals surface area (Å²) >= 11 is 5.62. The Morgan fingerprint density at radius 3 is 2.69 bits per heavy atom. The van der Waals surface area contributed by atoms with E-state index >= 15 is 0 Å². The van der Waals surface area contributed by atoms with Crippen LogP contribution in [0.1, 0.15) is 23.5 Å². The number of carbonyl (C=O) groups excluding carboxylic acids is 2. The number of alkyl halides is 3. The number of nitrogens with one attached hydrogen (secondary N) is 2. The number of nitrogens with zero attached hydrogens (tertiary/aromatic N) is 3. The fraction of sp³-hybridized carbons (Fsp3) is 0.368. The van der Waals surface area contributed by atoms with Gasteiger partial charge in [0.25, 0.3) is 0 Å². The summed E-state index contributed by atoms with van der Waals surface area (Å²) in [5, 5.41) is 4.50. The predicted octanol–water partition coefficient (Wildman–Crippen LogP) is 2.63. The van der Waals surface area contributed by atoms with Gasteiger partial charge < -0.3 is 26.0 Å². The van der Waals surface area contributed by atoms with Crippen molar-refractivity contribution in [3.05, 3.63) is 34.3 Å². The van der Waals surface area contributed by atoms with Crippen molar-refractivity contribution in [1.82, 2.24) is 9.97 Å².